The lowest BCUT2D eigenvalue weighted by Gasteiger charge is -2.40. The molecule has 14 heteroatoms. The van der Waals surface area contributed by atoms with Crippen LogP contribution >= 0.6 is 27.3 Å². The predicted molar refractivity (Wildman–Crippen MR) is 174 cm³/mol. The Labute approximate surface area is 279 Å². The van der Waals surface area contributed by atoms with Crippen LogP contribution in [0.3, 0.4) is 0 Å². The highest BCUT2D eigenvalue weighted by Crippen LogP contribution is 2.39. The number of benzene rings is 1. The molecule has 1 atom stereocenters. The maximum absolute atomic E-state index is 14.0. The molecule has 4 aliphatic heterocycles. The van der Waals surface area contributed by atoms with Gasteiger partial charge in [0.25, 0.3) is 0 Å². The van der Waals surface area contributed by atoms with E-state index < -0.39 is 23.3 Å². The monoisotopic (exact) mass is 724 g/mol. The summed E-state index contributed by atoms with van der Waals surface area (Å²) < 4.78 is 41.5. The summed E-state index contributed by atoms with van der Waals surface area (Å²) in [6, 6.07) is 4.70. The molecule has 6 rings (SSSR count). The predicted octanol–water partition coefficient (Wildman–Crippen LogP) is 5.79. The van der Waals surface area contributed by atoms with Gasteiger partial charge in [-0.25, -0.2) is 4.79 Å². The number of nitrogen functional groups attached to an aromatic ring is 1. The van der Waals surface area contributed by atoms with Crippen molar-refractivity contribution >= 4 is 56.5 Å². The Balaban J connectivity index is 1.13. The normalized spacial score (nSPS) is 21.0. The third-order valence-corrected chi connectivity index (χ3v) is 11.6. The summed E-state index contributed by atoms with van der Waals surface area (Å²) in [6.07, 6.45) is 0.552. The van der Waals surface area contributed by atoms with Crippen molar-refractivity contribution in [2.24, 2.45) is 5.92 Å². The van der Waals surface area contributed by atoms with Crippen LogP contribution in [0.5, 0.6) is 0 Å². The molecule has 3 saturated heterocycles. The van der Waals surface area contributed by atoms with Gasteiger partial charge in [-0.1, -0.05) is 0 Å². The summed E-state index contributed by atoms with van der Waals surface area (Å²) in [5, 5.41) is 4.90. The van der Waals surface area contributed by atoms with Gasteiger partial charge in [-0.2, -0.15) is 13.2 Å². The van der Waals surface area contributed by atoms with E-state index in [-0.39, 0.29) is 41.2 Å². The number of nitrogens with two attached hydrogens (primary N) is 1. The number of nitrogens with zero attached hydrogens (tertiary/aromatic N) is 4. The fraction of sp³-hybridized carbons (Fsp3) is 0.594. The first-order chi connectivity index (χ1) is 22.0. The maximum Gasteiger partial charge on any atom is 0.418 e. The van der Waals surface area contributed by atoms with E-state index in [1.807, 2.05) is 16.3 Å². The third kappa shape index (κ3) is 7.18. The van der Waals surface area contributed by atoms with Crippen LogP contribution < -0.4 is 11.1 Å². The maximum atomic E-state index is 14.0. The standard InChI is InChI=1S/C32H40BrF3N6O3S/c33-25-17-20(16-24(29(25)37)32(34,35)36)15-21(30(44)41-12-3-22(4-13-41)39-8-1-2-9-39)18-28(43)40-10-5-23(6-11-40)42-19-27-26(7-14-46-27)38-31(42)45/h7,14,16-17,21-23H,1-6,8-13,15,18-19,37H2,(H,38,45)/t21-/m0/s1. The minimum atomic E-state index is -4.66. The SMILES string of the molecule is Nc1c(Br)cc(C[C@@H](CC(=O)N2CCC(N3Cc4sccc4NC3=O)CC2)C(=O)N2CCC(N3CCCC3)CC2)cc1C(F)(F)F. The largest absolute Gasteiger partial charge is 0.418 e. The number of urea groups is 1. The number of carbonyl (C=O) groups is 3. The van der Waals surface area contributed by atoms with Gasteiger partial charge in [-0.15, -0.1) is 11.3 Å². The van der Waals surface area contributed by atoms with E-state index in [2.05, 4.69) is 26.1 Å². The Bertz CT molecular complexity index is 1450. The number of thiophene rings is 1. The van der Waals surface area contributed by atoms with Gasteiger partial charge in [-0.05, 0) is 103 Å². The number of hydrogen-bond donors (Lipinski definition) is 2. The lowest BCUT2D eigenvalue weighted by atomic mass is 9.91. The summed E-state index contributed by atoms with van der Waals surface area (Å²) in [5.41, 5.74) is 5.54. The summed E-state index contributed by atoms with van der Waals surface area (Å²) in [7, 11) is 0. The number of halogens is 4. The molecule has 46 heavy (non-hydrogen) atoms. The van der Waals surface area contributed by atoms with Crippen LogP contribution in [-0.2, 0) is 28.7 Å². The average Bonchev–Trinajstić information content (AvgIpc) is 3.74. The average molecular weight is 726 g/mol. The molecule has 0 spiro atoms. The summed E-state index contributed by atoms with van der Waals surface area (Å²) in [5.74, 6) is -1.20. The van der Waals surface area contributed by atoms with Crippen LogP contribution in [0.2, 0.25) is 0 Å². The molecule has 0 radical (unpaired) electrons. The van der Waals surface area contributed by atoms with E-state index in [1.54, 1.807) is 21.1 Å². The van der Waals surface area contributed by atoms with Crippen LogP contribution in [0.1, 0.15) is 60.9 Å². The molecule has 0 saturated carbocycles. The first-order valence-electron chi connectivity index (χ1n) is 16.1. The van der Waals surface area contributed by atoms with Crippen LogP contribution in [0.4, 0.5) is 29.3 Å². The molecule has 250 valence electrons. The first-order valence-corrected chi connectivity index (χ1v) is 17.7. The van der Waals surface area contributed by atoms with Crippen molar-refractivity contribution in [2.45, 2.75) is 76.2 Å². The van der Waals surface area contributed by atoms with Gasteiger partial charge in [0.2, 0.25) is 11.8 Å². The second-order valence-corrected chi connectivity index (χ2v) is 14.7. The van der Waals surface area contributed by atoms with E-state index in [4.69, 9.17) is 5.73 Å². The highest BCUT2D eigenvalue weighted by Gasteiger charge is 2.38. The van der Waals surface area contributed by atoms with Crippen LogP contribution in [0.25, 0.3) is 0 Å². The van der Waals surface area contributed by atoms with Gasteiger partial charge >= 0.3 is 12.2 Å². The molecule has 3 fully saturated rings. The third-order valence-electron chi connectivity index (χ3n) is 10.0. The number of likely N-dealkylation sites (tertiary alicyclic amines) is 3. The zero-order valence-electron chi connectivity index (χ0n) is 25.7. The molecule has 1 aromatic carbocycles. The van der Waals surface area contributed by atoms with Crippen molar-refractivity contribution in [3.05, 3.63) is 44.1 Å². The number of fused-ring (bicyclic) bond motifs is 1. The van der Waals surface area contributed by atoms with E-state index in [0.717, 1.165) is 42.6 Å². The molecule has 0 bridgehead atoms. The van der Waals surface area contributed by atoms with Crippen molar-refractivity contribution in [3.63, 3.8) is 0 Å². The fourth-order valence-electron chi connectivity index (χ4n) is 7.42. The Kier molecular flexibility index (Phi) is 9.86. The number of nitrogens with one attached hydrogen (secondary N) is 1. The van der Waals surface area contributed by atoms with Crippen LogP contribution in [-0.4, -0.2) is 88.8 Å². The van der Waals surface area contributed by atoms with Crippen LogP contribution in [0, 0.1) is 5.92 Å². The number of piperidine rings is 2. The van der Waals surface area contributed by atoms with Gasteiger partial charge in [0, 0.05) is 54.0 Å². The molecule has 3 N–H and O–H groups in total. The summed E-state index contributed by atoms with van der Waals surface area (Å²) in [4.78, 5) is 49.4. The van der Waals surface area contributed by atoms with E-state index in [0.29, 0.717) is 57.2 Å². The molecule has 4 amide bonds. The van der Waals surface area contributed by atoms with E-state index in [9.17, 15) is 27.6 Å². The lowest BCUT2D eigenvalue weighted by Crippen LogP contribution is -2.51. The van der Waals surface area contributed by atoms with Gasteiger partial charge in [-0.3, -0.25) is 9.59 Å². The highest BCUT2D eigenvalue weighted by atomic mass is 79.9. The van der Waals surface area contributed by atoms with Crippen molar-refractivity contribution in [3.8, 4) is 0 Å². The number of alkyl halides is 3. The Morgan fingerprint density at radius 2 is 1.65 bits per heavy atom. The smallest absolute Gasteiger partial charge is 0.397 e. The molecule has 5 heterocycles. The van der Waals surface area contributed by atoms with E-state index in [1.165, 1.54) is 18.9 Å². The molecular formula is C32H40BrF3N6O3S. The zero-order valence-corrected chi connectivity index (χ0v) is 28.1. The fourth-order valence-corrected chi connectivity index (χ4v) is 8.76. The second-order valence-electron chi connectivity index (χ2n) is 12.9. The molecule has 0 aliphatic carbocycles. The topological polar surface area (TPSA) is 102 Å². The second kappa shape index (κ2) is 13.7. The Morgan fingerprint density at radius 1 is 1.00 bits per heavy atom. The molecule has 0 unspecified atom stereocenters. The van der Waals surface area contributed by atoms with Gasteiger partial charge in [0.15, 0.2) is 0 Å². The highest BCUT2D eigenvalue weighted by molar-refractivity contribution is 9.10. The number of amides is 4. The van der Waals surface area contributed by atoms with Crippen molar-refractivity contribution in [1.29, 1.82) is 0 Å². The quantitative estimate of drug-likeness (QED) is 0.353. The summed E-state index contributed by atoms with van der Waals surface area (Å²) in [6.45, 7) is 4.73. The molecule has 9 nitrogen and oxygen atoms in total. The molecule has 1 aromatic heterocycles. The van der Waals surface area contributed by atoms with Crippen LogP contribution in [0.15, 0.2) is 28.1 Å². The van der Waals surface area contributed by atoms with E-state index >= 15 is 0 Å². The zero-order chi connectivity index (χ0) is 32.6. The number of hydrogen-bond acceptors (Lipinski definition) is 6. The molecular weight excluding hydrogens is 685 g/mol. The van der Waals surface area contributed by atoms with Gasteiger partial charge < -0.3 is 30.7 Å². The number of anilines is 2. The molecule has 4 aliphatic rings. The first kappa shape index (κ1) is 33.1. The molecule has 2 aromatic rings. The van der Waals surface area contributed by atoms with Crippen molar-refractivity contribution < 1.29 is 27.6 Å². The minimum Gasteiger partial charge on any atom is -0.397 e. The number of carbonyl (C=O) groups excluding carboxylic acids is 3. The number of rotatable bonds is 7. The van der Waals surface area contributed by atoms with Gasteiger partial charge in [0.05, 0.1) is 29.4 Å². The van der Waals surface area contributed by atoms with Crippen molar-refractivity contribution in [1.82, 2.24) is 19.6 Å². The Hall–Kier alpha value is -2.84. The Morgan fingerprint density at radius 3 is 2.33 bits per heavy atom. The van der Waals surface area contributed by atoms with Crippen molar-refractivity contribution in [2.75, 3.05) is 50.3 Å². The minimum absolute atomic E-state index is 0.00779. The van der Waals surface area contributed by atoms with Gasteiger partial charge in [0.1, 0.15) is 0 Å². The summed E-state index contributed by atoms with van der Waals surface area (Å²) >= 11 is 4.76. The lowest BCUT2D eigenvalue weighted by molar-refractivity contribution is -0.143.